The Kier molecular flexibility index (Phi) is 4.27. The summed E-state index contributed by atoms with van der Waals surface area (Å²) in [7, 11) is 0. The second kappa shape index (κ2) is 5.71. The fourth-order valence-electron chi connectivity index (χ4n) is 2.09. The number of aliphatic hydroxyl groups is 1. The predicted octanol–water partition coefficient (Wildman–Crippen LogP) is 2.54. The molecule has 1 aromatic carbocycles. The van der Waals surface area contributed by atoms with E-state index in [1.165, 1.54) is 17.7 Å². The Hall–Kier alpha value is -0.510. The van der Waals surface area contributed by atoms with Crippen molar-refractivity contribution in [3.05, 3.63) is 29.8 Å². The van der Waals surface area contributed by atoms with Gasteiger partial charge in [-0.2, -0.15) is 0 Å². The lowest BCUT2D eigenvalue weighted by atomic mass is 9.97. The highest BCUT2D eigenvalue weighted by molar-refractivity contribution is 8.00. The minimum Gasteiger partial charge on any atom is -0.392 e. The first-order valence-corrected chi connectivity index (χ1v) is 6.81. The van der Waals surface area contributed by atoms with Crippen LogP contribution in [0.4, 0.5) is 0 Å². The van der Waals surface area contributed by atoms with Crippen molar-refractivity contribution in [2.24, 2.45) is 5.73 Å². The Morgan fingerprint density at radius 3 is 2.50 bits per heavy atom. The average Bonchev–Trinajstić information content (AvgIpc) is 2.33. The molecule has 0 aliphatic heterocycles. The molecule has 0 saturated heterocycles. The highest BCUT2D eigenvalue weighted by Gasteiger charge is 2.23. The van der Waals surface area contributed by atoms with Crippen LogP contribution < -0.4 is 5.73 Å². The third kappa shape index (κ3) is 3.00. The summed E-state index contributed by atoms with van der Waals surface area (Å²) in [5.41, 5.74) is 6.72. The van der Waals surface area contributed by atoms with Gasteiger partial charge in [-0.3, -0.25) is 0 Å². The zero-order valence-electron chi connectivity index (χ0n) is 9.43. The molecule has 2 unspecified atom stereocenters. The molecular weight excluding hydrogens is 218 g/mol. The van der Waals surface area contributed by atoms with Crippen LogP contribution >= 0.6 is 11.8 Å². The molecule has 1 aliphatic rings. The molecule has 2 atom stereocenters. The third-order valence-electron chi connectivity index (χ3n) is 3.11. The molecule has 3 N–H and O–H groups in total. The summed E-state index contributed by atoms with van der Waals surface area (Å²) in [5.74, 6) is 0. The number of rotatable bonds is 3. The summed E-state index contributed by atoms with van der Waals surface area (Å²) in [6, 6.07) is 8.34. The van der Waals surface area contributed by atoms with E-state index in [0.717, 1.165) is 18.4 Å². The molecule has 1 saturated carbocycles. The van der Waals surface area contributed by atoms with Crippen LogP contribution in [0.5, 0.6) is 0 Å². The van der Waals surface area contributed by atoms with Crippen molar-refractivity contribution in [1.82, 2.24) is 0 Å². The van der Waals surface area contributed by atoms with Crippen LogP contribution in [-0.2, 0) is 6.54 Å². The fourth-order valence-corrected chi connectivity index (χ4v) is 3.31. The maximum atomic E-state index is 9.89. The number of hydrogen-bond acceptors (Lipinski definition) is 3. The van der Waals surface area contributed by atoms with Gasteiger partial charge < -0.3 is 10.8 Å². The number of thioether (sulfide) groups is 1. The Labute approximate surface area is 101 Å². The molecule has 2 nitrogen and oxygen atoms in total. The van der Waals surface area contributed by atoms with Crippen molar-refractivity contribution in [1.29, 1.82) is 0 Å². The molecule has 0 heterocycles. The Bertz CT molecular complexity index is 325. The molecule has 2 rings (SSSR count). The normalized spacial score (nSPS) is 25.6. The number of hydrogen-bond donors (Lipinski definition) is 2. The lowest BCUT2D eigenvalue weighted by Crippen LogP contribution is -2.26. The van der Waals surface area contributed by atoms with Gasteiger partial charge in [-0.25, -0.2) is 0 Å². The molecule has 1 aromatic rings. The van der Waals surface area contributed by atoms with Gasteiger partial charge in [0, 0.05) is 16.7 Å². The molecule has 0 bridgehead atoms. The van der Waals surface area contributed by atoms with Gasteiger partial charge in [0.2, 0.25) is 0 Å². The summed E-state index contributed by atoms with van der Waals surface area (Å²) in [5, 5.41) is 10.3. The van der Waals surface area contributed by atoms with Crippen molar-refractivity contribution in [3.63, 3.8) is 0 Å². The van der Waals surface area contributed by atoms with Crippen molar-refractivity contribution in [2.45, 2.75) is 48.5 Å². The smallest absolute Gasteiger partial charge is 0.0662 e. The molecule has 16 heavy (non-hydrogen) atoms. The first kappa shape index (κ1) is 12.0. The molecule has 0 aromatic heterocycles. The minimum absolute atomic E-state index is 0.132. The lowest BCUT2D eigenvalue weighted by molar-refractivity contribution is 0.137. The highest BCUT2D eigenvalue weighted by Crippen LogP contribution is 2.33. The monoisotopic (exact) mass is 237 g/mol. The summed E-state index contributed by atoms with van der Waals surface area (Å²) >= 11 is 1.80. The van der Waals surface area contributed by atoms with E-state index >= 15 is 0 Å². The third-order valence-corrected chi connectivity index (χ3v) is 4.51. The van der Waals surface area contributed by atoms with E-state index in [4.69, 9.17) is 5.73 Å². The van der Waals surface area contributed by atoms with Gasteiger partial charge in [-0.1, -0.05) is 25.0 Å². The van der Waals surface area contributed by atoms with Crippen molar-refractivity contribution in [2.75, 3.05) is 0 Å². The van der Waals surface area contributed by atoms with Crippen LogP contribution in [-0.4, -0.2) is 16.5 Å². The highest BCUT2D eigenvalue weighted by atomic mass is 32.2. The van der Waals surface area contributed by atoms with Crippen LogP contribution in [0.25, 0.3) is 0 Å². The van der Waals surface area contributed by atoms with Crippen LogP contribution in [0.15, 0.2) is 29.2 Å². The first-order chi connectivity index (χ1) is 7.79. The molecule has 1 fully saturated rings. The van der Waals surface area contributed by atoms with Gasteiger partial charge in [-0.05, 0) is 30.5 Å². The van der Waals surface area contributed by atoms with Crippen molar-refractivity contribution >= 4 is 11.8 Å². The standard InChI is InChI=1S/C13H19NOS/c14-9-10-5-7-11(8-6-10)16-13-4-2-1-3-12(13)15/h5-8,12-13,15H,1-4,9,14H2. The van der Waals surface area contributed by atoms with Crippen LogP contribution in [0.2, 0.25) is 0 Å². The second-order valence-corrected chi connectivity index (χ2v) is 5.67. The fraction of sp³-hybridized carbons (Fsp3) is 0.538. The van der Waals surface area contributed by atoms with Gasteiger partial charge >= 0.3 is 0 Å². The molecule has 0 amide bonds. The van der Waals surface area contributed by atoms with Gasteiger partial charge in [-0.15, -0.1) is 11.8 Å². The zero-order chi connectivity index (χ0) is 11.4. The molecule has 88 valence electrons. The van der Waals surface area contributed by atoms with Crippen LogP contribution in [0, 0.1) is 0 Å². The topological polar surface area (TPSA) is 46.2 Å². The molecule has 3 heteroatoms. The summed E-state index contributed by atoms with van der Waals surface area (Å²) in [6.45, 7) is 0.594. The van der Waals surface area contributed by atoms with Crippen LogP contribution in [0.1, 0.15) is 31.2 Å². The van der Waals surface area contributed by atoms with E-state index in [9.17, 15) is 5.11 Å². The van der Waals surface area contributed by atoms with Crippen molar-refractivity contribution < 1.29 is 5.11 Å². The summed E-state index contributed by atoms with van der Waals surface area (Å²) in [6.07, 6.45) is 4.37. The first-order valence-electron chi connectivity index (χ1n) is 5.93. The van der Waals surface area contributed by atoms with E-state index in [-0.39, 0.29) is 6.10 Å². The molecule has 1 aliphatic carbocycles. The number of aliphatic hydroxyl groups excluding tert-OH is 1. The maximum absolute atomic E-state index is 9.89. The molecule has 0 radical (unpaired) electrons. The maximum Gasteiger partial charge on any atom is 0.0662 e. The summed E-state index contributed by atoms with van der Waals surface area (Å²) in [4.78, 5) is 1.24. The van der Waals surface area contributed by atoms with Gasteiger partial charge in [0.25, 0.3) is 0 Å². The Balaban J connectivity index is 1.96. The Morgan fingerprint density at radius 2 is 1.88 bits per heavy atom. The van der Waals surface area contributed by atoms with Crippen molar-refractivity contribution in [3.8, 4) is 0 Å². The second-order valence-electron chi connectivity index (χ2n) is 4.36. The summed E-state index contributed by atoms with van der Waals surface area (Å²) < 4.78 is 0. The van der Waals surface area contributed by atoms with Gasteiger partial charge in [0.1, 0.15) is 0 Å². The van der Waals surface area contributed by atoms with Crippen LogP contribution in [0.3, 0.4) is 0 Å². The minimum atomic E-state index is -0.132. The van der Waals surface area contributed by atoms with E-state index in [1.54, 1.807) is 11.8 Å². The van der Waals surface area contributed by atoms with E-state index < -0.39 is 0 Å². The predicted molar refractivity (Wildman–Crippen MR) is 68.5 cm³/mol. The zero-order valence-corrected chi connectivity index (χ0v) is 10.2. The lowest BCUT2D eigenvalue weighted by Gasteiger charge is -2.26. The van der Waals surface area contributed by atoms with Gasteiger partial charge in [0.05, 0.1) is 6.10 Å². The van der Waals surface area contributed by atoms with E-state index in [2.05, 4.69) is 24.3 Å². The quantitative estimate of drug-likeness (QED) is 0.849. The van der Waals surface area contributed by atoms with E-state index in [1.807, 2.05) is 0 Å². The molecule has 0 spiro atoms. The number of nitrogens with two attached hydrogens (primary N) is 1. The average molecular weight is 237 g/mol. The molecular formula is C13H19NOS. The Morgan fingerprint density at radius 1 is 1.19 bits per heavy atom. The number of benzene rings is 1. The largest absolute Gasteiger partial charge is 0.392 e. The van der Waals surface area contributed by atoms with Gasteiger partial charge in [0.15, 0.2) is 0 Å². The SMILES string of the molecule is NCc1ccc(SC2CCCCC2O)cc1. The van der Waals surface area contributed by atoms with E-state index in [0.29, 0.717) is 11.8 Å².